The first-order chi connectivity index (χ1) is 19.5. The van der Waals surface area contributed by atoms with Crippen LogP contribution in [0, 0.1) is 11.7 Å². The van der Waals surface area contributed by atoms with Crippen LogP contribution in [0.2, 0.25) is 0 Å². The molecule has 10 heteroatoms. The van der Waals surface area contributed by atoms with Gasteiger partial charge in [0, 0.05) is 36.9 Å². The third-order valence-electron chi connectivity index (χ3n) is 6.47. The van der Waals surface area contributed by atoms with Gasteiger partial charge in [0.1, 0.15) is 11.9 Å². The Kier molecular flexibility index (Phi) is 11.9. The normalized spacial score (nSPS) is 12.1. The summed E-state index contributed by atoms with van der Waals surface area (Å²) in [5.41, 5.74) is 1.68. The number of hydrogen-bond acceptors (Lipinski definition) is 4. The minimum atomic E-state index is -3.80. The van der Waals surface area contributed by atoms with E-state index in [0.29, 0.717) is 13.0 Å². The van der Waals surface area contributed by atoms with Gasteiger partial charge in [-0.25, -0.2) is 12.8 Å². The highest BCUT2D eigenvalue weighted by molar-refractivity contribution is 9.10. The van der Waals surface area contributed by atoms with Gasteiger partial charge in [-0.2, -0.15) is 0 Å². The van der Waals surface area contributed by atoms with Crippen molar-refractivity contribution in [1.29, 1.82) is 0 Å². The van der Waals surface area contributed by atoms with E-state index in [1.807, 2.05) is 68.4 Å². The smallest absolute Gasteiger partial charge is 0.243 e. The number of nitrogens with one attached hydrogen (secondary N) is 1. The van der Waals surface area contributed by atoms with Crippen LogP contribution >= 0.6 is 15.9 Å². The van der Waals surface area contributed by atoms with Gasteiger partial charge in [0.2, 0.25) is 21.8 Å². The summed E-state index contributed by atoms with van der Waals surface area (Å²) in [4.78, 5) is 28.9. The Balaban J connectivity index is 1.89. The second kappa shape index (κ2) is 15.1. The molecule has 0 radical (unpaired) electrons. The van der Waals surface area contributed by atoms with Gasteiger partial charge in [-0.3, -0.25) is 13.9 Å². The van der Waals surface area contributed by atoms with Crippen LogP contribution in [0.5, 0.6) is 0 Å². The molecule has 0 fully saturated rings. The highest BCUT2D eigenvalue weighted by Gasteiger charge is 2.31. The number of carbonyl (C=O) groups excluding carboxylic acids is 2. The zero-order valence-corrected chi connectivity index (χ0v) is 26.0. The van der Waals surface area contributed by atoms with Crippen molar-refractivity contribution >= 4 is 43.5 Å². The molecule has 0 saturated carbocycles. The van der Waals surface area contributed by atoms with E-state index in [1.54, 1.807) is 11.0 Å². The molecule has 1 N–H and O–H groups in total. The summed E-state index contributed by atoms with van der Waals surface area (Å²) in [5, 5.41) is 2.99. The van der Waals surface area contributed by atoms with Gasteiger partial charge >= 0.3 is 0 Å². The number of rotatable bonds is 14. The number of amides is 2. The monoisotopic (exact) mass is 645 g/mol. The fourth-order valence-electron chi connectivity index (χ4n) is 4.44. The van der Waals surface area contributed by atoms with Crippen molar-refractivity contribution in [2.24, 2.45) is 5.92 Å². The Bertz CT molecular complexity index is 1420. The minimum absolute atomic E-state index is 0.0305. The predicted molar refractivity (Wildman–Crippen MR) is 164 cm³/mol. The lowest BCUT2D eigenvalue weighted by atomic mass is 10.0. The van der Waals surface area contributed by atoms with E-state index in [2.05, 4.69) is 21.2 Å². The van der Waals surface area contributed by atoms with Crippen LogP contribution < -0.4 is 9.62 Å². The molecule has 0 aliphatic heterocycles. The van der Waals surface area contributed by atoms with Gasteiger partial charge in [0.25, 0.3) is 0 Å². The second-order valence-electron chi connectivity index (χ2n) is 10.4. The number of carbonyl (C=O) groups is 2. The van der Waals surface area contributed by atoms with Crippen LogP contribution in [-0.4, -0.2) is 50.5 Å². The molecule has 41 heavy (non-hydrogen) atoms. The average molecular weight is 647 g/mol. The fourth-order valence-corrected chi connectivity index (χ4v) is 5.86. The summed E-state index contributed by atoms with van der Waals surface area (Å²) < 4.78 is 41.3. The Morgan fingerprint density at radius 1 is 0.951 bits per heavy atom. The Morgan fingerprint density at radius 3 is 2.24 bits per heavy atom. The molecule has 1 unspecified atom stereocenters. The molecule has 2 amide bonds. The Morgan fingerprint density at radius 2 is 1.61 bits per heavy atom. The first-order valence-corrected chi connectivity index (χ1v) is 16.2. The van der Waals surface area contributed by atoms with Gasteiger partial charge in [0.15, 0.2) is 0 Å². The van der Waals surface area contributed by atoms with Crippen molar-refractivity contribution in [3.63, 3.8) is 0 Å². The minimum Gasteiger partial charge on any atom is -0.354 e. The third-order valence-corrected chi connectivity index (χ3v) is 8.14. The summed E-state index contributed by atoms with van der Waals surface area (Å²) in [5.74, 6) is -0.987. The molecule has 0 saturated heterocycles. The summed E-state index contributed by atoms with van der Waals surface area (Å²) in [6.45, 7) is 4.57. The molecule has 0 spiro atoms. The van der Waals surface area contributed by atoms with Gasteiger partial charge in [-0.15, -0.1) is 0 Å². The summed E-state index contributed by atoms with van der Waals surface area (Å²) in [7, 11) is -3.80. The number of para-hydroxylation sites is 1. The van der Waals surface area contributed by atoms with Crippen LogP contribution in [0.4, 0.5) is 10.1 Å². The number of hydrogen-bond donors (Lipinski definition) is 1. The van der Waals surface area contributed by atoms with Gasteiger partial charge in [0.05, 0.1) is 11.9 Å². The van der Waals surface area contributed by atoms with Gasteiger partial charge in [-0.1, -0.05) is 84.4 Å². The van der Waals surface area contributed by atoms with Crippen molar-refractivity contribution in [2.45, 2.75) is 45.7 Å². The van der Waals surface area contributed by atoms with Crippen molar-refractivity contribution < 1.29 is 22.4 Å². The summed E-state index contributed by atoms with van der Waals surface area (Å²) >= 11 is 3.48. The van der Waals surface area contributed by atoms with Crippen molar-refractivity contribution in [2.75, 3.05) is 23.7 Å². The van der Waals surface area contributed by atoms with Gasteiger partial charge < -0.3 is 10.2 Å². The highest BCUT2D eigenvalue weighted by Crippen LogP contribution is 2.23. The number of sulfonamides is 1. The van der Waals surface area contributed by atoms with Crippen LogP contribution in [-0.2, 0) is 32.6 Å². The fraction of sp³-hybridized carbons (Fsp3) is 0.355. The first kappa shape index (κ1) is 32.3. The molecule has 220 valence electrons. The maximum Gasteiger partial charge on any atom is 0.243 e. The molecule has 3 aromatic rings. The average Bonchev–Trinajstić information content (AvgIpc) is 2.92. The molecule has 0 aliphatic rings. The Labute approximate surface area is 250 Å². The van der Waals surface area contributed by atoms with Crippen molar-refractivity contribution in [3.8, 4) is 0 Å². The second-order valence-corrected chi connectivity index (χ2v) is 13.2. The lowest BCUT2D eigenvalue weighted by Crippen LogP contribution is -2.51. The molecule has 1 atom stereocenters. The molecule has 7 nitrogen and oxygen atoms in total. The molecule has 0 bridgehead atoms. The van der Waals surface area contributed by atoms with Crippen LogP contribution in [0.3, 0.4) is 0 Å². The molecular formula is C31H37BrFN3O4S. The topological polar surface area (TPSA) is 86.8 Å². The predicted octanol–water partition coefficient (Wildman–Crippen LogP) is 5.55. The maximum atomic E-state index is 14.5. The Hall–Kier alpha value is -3.24. The molecule has 0 aromatic heterocycles. The number of halogens is 2. The van der Waals surface area contributed by atoms with E-state index < -0.39 is 21.9 Å². The van der Waals surface area contributed by atoms with E-state index in [0.717, 1.165) is 26.2 Å². The molecule has 0 heterocycles. The molecule has 3 rings (SSSR count). The molecular weight excluding hydrogens is 609 g/mol. The van der Waals surface area contributed by atoms with Crippen LogP contribution in [0.15, 0.2) is 83.3 Å². The maximum absolute atomic E-state index is 14.5. The van der Waals surface area contributed by atoms with Crippen molar-refractivity contribution in [1.82, 2.24) is 10.2 Å². The van der Waals surface area contributed by atoms with E-state index in [1.165, 1.54) is 18.2 Å². The third kappa shape index (κ3) is 9.97. The summed E-state index contributed by atoms with van der Waals surface area (Å²) in [6.07, 6.45) is 1.43. The van der Waals surface area contributed by atoms with E-state index >= 15 is 0 Å². The lowest BCUT2D eigenvalue weighted by molar-refractivity contribution is -0.141. The van der Waals surface area contributed by atoms with Gasteiger partial charge in [-0.05, 0) is 47.7 Å². The summed E-state index contributed by atoms with van der Waals surface area (Å²) in [6, 6.07) is 21.9. The zero-order valence-electron chi connectivity index (χ0n) is 23.6. The molecule has 0 aliphatic carbocycles. The number of benzene rings is 3. The molecule has 3 aromatic carbocycles. The highest BCUT2D eigenvalue weighted by atomic mass is 79.9. The van der Waals surface area contributed by atoms with Crippen LogP contribution in [0.25, 0.3) is 0 Å². The van der Waals surface area contributed by atoms with Crippen LogP contribution in [0.1, 0.15) is 37.8 Å². The zero-order chi connectivity index (χ0) is 30.0. The number of nitrogens with zero attached hydrogens (tertiary/aromatic N) is 2. The first-order valence-electron chi connectivity index (χ1n) is 13.5. The standard InChI is InChI=1S/C31H37BrFN3O4S/c1-23(2)21-34-31(38)29(20-24-11-5-4-6-12-24)35(22-25-13-9-14-26(32)19-25)30(37)17-10-18-36(41(3,39)40)28-16-8-7-15-27(28)33/h4-9,11-16,19,23,29H,10,17-18,20-22H2,1-3H3,(H,34,38). The van der Waals surface area contributed by atoms with Crippen molar-refractivity contribution in [3.05, 3.63) is 100 Å². The number of anilines is 1. The van der Waals surface area contributed by atoms with E-state index in [-0.39, 0.29) is 49.4 Å². The quantitative estimate of drug-likeness (QED) is 0.249. The van der Waals surface area contributed by atoms with E-state index in [9.17, 15) is 22.4 Å². The SMILES string of the molecule is CC(C)CNC(=O)C(Cc1ccccc1)N(Cc1cccc(Br)c1)C(=O)CCCN(c1ccccc1F)S(C)(=O)=O. The largest absolute Gasteiger partial charge is 0.354 e. The lowest BCUT2D eigenvalue weighted by Gasteiger charge is -2.32. The van der Waals surface area contributed by atoms with E-state index in [4.69, 9.17) is 0 Å².